The van der Waals surface area contributed by atoms with Gasteiger partial charge in [-0.1, -0.05) is 12.1 Å². The van der Waals surface area contributed by atoms with E-state index in [0.29, 0.717) is 6.61 Å². The van der Waals surface area contributed by atoms with Crippen molar-refractivity contribution in [3.63, 3.8) is 0 Å². The van der Waals surface area contributed by atoms with Gasteiger partial charge in [-0.25, -0.2) is 0 Å². The molecule has 1 amide bonds. The quantitative estimate of drug-likeness (QED) is 0.801. The van der Waals surface area contributed by atoms with Gasteiger partial charge in [-0.2, -0.15) is 0 Å². The molecular weight excluding hydrogens is 256 g/mol. The third kappa shape index (κ3) is 5.28. The van der Waals surface area contributed by atoms with Gasteiger partial charge in [0.15, 0.2) is 0 Å². The monoisotopic (exact) mass is 278 g/mol. The standard InChI is InChI=1S/C15H22N2O3/c1-13(18)16-15-4-2-14(3-5-15)12-20-11-8-17-6-9-19-10-7-17/h2-5H,6-12H2,1H3,(H,16,18). The summed E-state index contributed by atoms with van der Waals surface area (Å²) in [5.74, 6) is -0.0560. The molecule has 0 radical (unpaired) electrons. The van der Waals surface area contributed by atoms with Gasteiger partial charge in [-0.3, -0.25) is 9.69 Å². The molecule has 20 heavy (non-hydrogen) atoms. The molecule has 0 unspecified atom stereocenters. The van der Waals surface area contributed by atoms with Crippen molar-refractivity contribution in [3.05, 3.63) is 29.8 Å². The SMILES string of the molecule is CC(=O)Nc1ccc(COCCN2CCOCC2)cc1. The highest BCUT2D eigenvalue weighted by Crippen LogP contribution is 2.10. The number of nitrogens with one attached hydrogen (secondary N) is 1. The largest absolute Gasteiger partial charge is 0.379 e. The number of hydrogen-bond acceptors (Lipinski definition) is 4. The van der Waals surface area contributed by atoms with E-state index in [-0.39, 0.29) is 5.91 Å². The first-order valence-corrected chi connectivity index (χ1v) is 6.98. The predicted molar refractivity (Wildman–Crippen MR) is 77.7 cm³/mol. The Labute approximate surface area is 119 Å². The average molecular weight is 278 g/mol. The Morgan fingerprint density at radius 3 is 2.65 bits per heavy atom. The van der Waals surface area contributed by atoms with Crippen molar-refractivity contribution in [3.8, 4) is 0 Å². The summed E-state index contributed by atoms with van der Waals surface area (Å²) in [6.07, 6.45) is 0. The molecule has 2 rings (SSSR count). The lowest BCUT2D eigenvalue weighted by Gasteiger charge is -2.26. The molecule has 1 aliphatic heterocycles. The molecular formula is C15H22N2O3. The Morgan fingerprint density at radius 2 is 2.00 bits per heavy atom. The smallest absolute Gasteiger partial charge is 0.221 e. The van der Waals surface area contributed by atoms with E-state index < -0.39 is 0 Å². The first-order valence-electron chi connectivity index (χ1n) is 6.98. The molecule has 110 valence electrons. The van der Waals surface area contributed by atoms with Crippen LogP contribution in [0.5, 0.6) is 0 Å². The fourth-order valence-electron chi connectivity index (χ4n) is 2.10. The van der Waals surface area contributed by atoms with Crippen LogP contribution in [0.4, 0.5) is 5.69 Å². The van der Waals surface area contributed by atoms with E-state index in [0.717, 1.165) is 50.7 Å². The Morgan fingerprint density at radius 1 is 1.30 bits per heavy atom. The molecule has 1 N–H and O–H groups in total. The van der Waals surface area contributed by atoms with Gasteiger partial charge in [-0.15, -0.1) is 0 Å². The van der Waals surface area contributed by atoms with E-state index in [1.807, 2.05) is 24.3 Å². The second kappa shape index (κ2) is 7.99. The van der Waals surface area contributed by atoms with Crippen LogP contribution >= 0.6 is 0 Å². The van der Waals surface area contributed by atoms with Gasteiger partial charge in [0.2, 0.25) is 5.91 Å². The van der Waals surface area contributed by atoms with Crippen LogP contribution in [0.2, 0.25) is 0 Å². The molecule has 1 fully saturated rings. The van der Waals surface area contributed by atoms with E-state index in [4.69, 9.17) is 9.47 Å². The van der Waals surface area contributed by atoms with Crippen molar-refractivity contribution in [1.82, 2.24) is 4.90 Å². The number of carbonyl (C=O) groups excluding carboxylic acids is 1. The van der Waals surface area contributed by atoms with Crippen LogP contribution in [0.3, 0.4) is 0 Å². The zero-order valence-electron chi connectivity index (χ0n) is 11.9. The van der Waals surface area contributed by atoms with Crippen molar-refractivity contribution in [2.75, 3.05) is 44.8 Å². The lowest BCUT2D eigenvalue weighted by molar-refractivity contribution is -0.114. The minimum absolute atomic E-state index is 0.0560. The van der Waals surface area contributed by atoms with Crippen molar-refractivity contribution in [1.29, 1.82) is 0 Å². The maximum Gasteiger partial charge on any atom is 0.221 e. The molecule has 5 nitrogen and oxygen atoms in total. The maximum absolute atomic E-state index is 10.9. The molecule has 0 aliphatic carbocycles. The molecule has 0 spiro atoms. The summed E-state index contributed by atoms with van der Waals surface area (Å²) >= 11 is 0. The van der Waals surface area contributed by atoms with Crippen molar-refractivity contribution < 1.29 is 14.3 Å². The van der Waals surface area contributed by atoms with Gasteiger partial charge < -0.3 is 14.8 Å². The summed E-state index contributed by atoms with van der Waals surface area (Å²) in [4.78, 5) is 13.3. The van der Waals surface area contributed by atoms with Crippen LogP contribution < -0.4 is 5.32 Å². The number of nitrogens with zero attached hydrogens (tertiary/aromatic N) is 1. The first-order chi connectivity index (χ1) is 9.74. The molecule has 1 saturated heterocycles. The molecule has 1 aromatic carbocycles. The minimum Gasteiger partial charge on any atom is -0.379 e. The third-order valence-corrected chi connectivity index (χ3v) is 3.20. The highest BCUT2D eigenvalue weighted by molar-refractivity contribution is 5.88. The summed E-state index contributed by atoms with van der Waals surface area (Å²) in [7, 11) is 0. The average Bonchev–Trinajstić information content (AvgIpc) is 2.46. The molecule has 0 atom stereocenters. The lowest BCUT2D eigenvalue weighted by atomic mass is 10.2. The molecule has 0 saturated carbocycles. The van der Waals surface area contributed by atoms with E-state index >= 15 is 0 Å². The molecule has 1 aliphatic rings. The van der Waals surface area contributed by atoms with Crippen molar-refractivity contribution in [2.24, 2.45) is 0 Å². The third-order valence-electron chi connectivity index (χ3n) is 3.20. The van der Waals surface area contributed by atoms with Crippen LogP contribution in [-0.2, 0) is 20.9 Å². The summed E-state index contributed by atoms with van der Waals surface area (Å²) in [6.45, 7) is 7.42. The number of anilines is 1. The van der Waals surface area contributed by atoms with Crippen LogP contribution in [0.15, 0.2) is 24.3 Å². The topological polar surface area (TPSA) is 50.8 Å². The molecule has 0 bridgehead atoms. The van der Waals surface area contributed by atoms with Gasteiger partial charge in [0.05, 0.1) is 26.4 Å². The number of morpholine rings is 1. The van der Waals surface area contributed by atoms with Crippen LogP contribution in [0.25, 0.3) is 0 Å². The Balaban J connectivity index is 1.64. The highest BCUT2D eigenvalue weighted by Gasteiger charge is 2.09. The minimum atomic E-state index is -0.0560. The Hall–Kier alpha value is -1.43. The van der Waals surface area contributed by atoms with Gasteiger partial charge in [0.1, 0.15) is 0 Å². The zero-order chi connectivity index (χ0) is 14.2. The van der Waals surface area contributed by atoms with Crippen LogP contribution in [-0.4, -0.2) is 50.3 Å². The Bertz CT molecular complexity index is 414. The van der Waals surface area contributed by atoms with Gasteiger partial charge >= 0.3 is 0 Å². The van der Waals surface area contributed by atoms with Crippen molar-refractivity contribution >= 4 is 11.6 Å². The number of hydrogen-bond donors (Lipinski definition) is 1. The van der Waals surface area contributed by atoms with Gasteiger partial charge in [0.25, 0.3) is 0 Å². The second-order valence-corrected chi connectivity index (χ2v) is 4.88. The van der Waals surface area contributed by atoms with Crippen molar-refractivity contribution in [2.45, 2.75) is 13.5 Å². The predicted octanol–water partition coefficient (Wildman–Crippen LogP) is 1.49. The normalized spacial score (nSPS) is 16.1. The second-order valence-electron chi connectivity index (χ2n) is 4.88. The maximum atomic E-state index is 10.9. The first kappa shape index (κ1) is 15.0. The number of ether oxygens (including phenoxy) is 2. The fraction of sp³-hybridized carbons (Fsp3) is 0.533. The molecule has 5 heteroatoms. The Kier molecular flexibility index (Phi) is 5.98. The van der Waals surface area contributed by atoms with E-state index in [2.05, 4.69) is 10.2 Å². The van der Waals surface area contributed by atoms with Crippen LogP contribution in [0, 0.1) is 0 Å². The molecule has 1 aromatic rings. The summed E-state index contributed by atoms with van der Waals surface area (Å²) in [5.41, 5.74) is 1.93. The van der Waals surface area contributed by atoms with Gasteiger partial charge in [-0.05, 0) is 17.7 Å². The highest BCUT2D eigenvalue weighted by atomic mass is 16.5. The number of carbonyl (C=O) groups is 1. The van der Waals surface area contributed by atoms with E-state index in [9.17, 15) is 4.79 Å². The lowest BCUT2D eigenvalue weighted by Crippen LogP contribution is -2.38. The summed E-state index contributed by atoms with van der Waals surface area (Å²) in [5, 5.41) is 2.74. The summed E-state index contributed by atoms with van der Waals surface area (Å²) in [6, 6.07) is 7.73. The zero-order valence-corrected chi connectivity index (χ0v) is 11.9. The molecule has 1 heterocycles. The summed E-state index contributed by atoms with van der Waals surface area (Å²) < 4.78 is 11.0. The molecule has 0 aromatic heterocycles. The number of rotatable bonds is 6. The fourth-order valence-corrected chi connectivity index (χ4v) is 2.10. The van der Waals surface area contributed by atoms with E-state index in [1.54, 1.807) is 0 Å². The van der Waals surface area contributed by atoms with Crippen LogP contribution in [0.1, 0.15) is 12.5 Å². The number of benzene rings is 1. The number of amides is 1. The van der Waals surface area contributed by atoms with E-state index in [1.165, 1.54) is 6.92 Å². The van der Waals surface area contributed by atoms with Gasteiger partial charge in [0, 0.05) is 32.2 Å².